The number of carbonyl (C=O) groups excluding carboxylic acids is 3. The van der Waals surface area contributed by atoms with Crippen molar-refractivity contribution in [1.29, 1.82) is 0 Å². The summed E-state index contributed by atoms with van der Waals surface area (Å²) in [5, 5.41) is 2.99. The van der Waals surface area contributed by atoms with E-state index in [-0.39, 0.29) is 33.3 Å². The first-order chi connectivity index (χ1) is 17.6. The van der Waals surface area contributed by atoms with Crippen molar-refractivity contribution in [2.24, 2.45) is 0 Å². The summed E-state index contributed by atoms with van der Waals surface area (Å²) in [6.45, 7) is 2.42. The van der Waals surface area contributed by atoms with Gasteiger partial charge in [-0.2, -0.15) is 0 Å². The Labute approximate surface area is 218 Å². The van der Waals surface area contributed by atoms with Crippen LogP contribution in [0.3, 0.4) is 0 Å². The molecule has 0 saturated carbocycles. The van der Waals surface area contributed by atoms with E-state index in [4.69, 9.17) is 9.47 Å². The molecule has 0 atom stereocenters. The zero-order chi connectivity index (χ0) is 26.7. The number of benzene rings is 2. The van der Waals surface area contributed by atoms with Crippen LogP contribution in [0.4, 0.5) is 15.5 Å². The van der Waals surface area contributed by atoms with Crippen LogP contribution in [0.15, 0.2) is 53.4 Å². The molecule has 2 aromatic carbocycles. The van der Waals surface area contributed by atoms with Crippen molar-refractivity contribution >= 4 is 50.0 Å². The van der Waals surface area contributed by atoms with Gasteiger partial charge in [0.1, 0.15) is 5.00 Å². The molecule has 0 radical (unpaired) electrons. The van der Waals surface area contributed by atoms with E-state index >= 15 is 0 Å². The Morgan fingerprint density at radius 2 is 1.70 bits per heavy atom. The van der Waals surface area contributed by atoms with Crippen LogP contribution in [0.25, 0.3) is 0 Å². The Balaban J connectivity index is 1.64. The molecule has 0 spiro atoms. The smallest absolute Gasteiger partial charge is 0.409 e. The van der Waals surface area contributed by atoms with Gasteiger partial charge in [0.15, 0.2) is 0 Å². The second kappa shape index (κ2) is 10.6. The maximum Gasteiger partial charge on any atom is 0.409 e. The van der Waals surface area contributed by atoms with Crippen LogP contribution >= 0.6 is 11.3 Å². The van der Waals surface area contributed by atoms with E-state index in [0.717, 1.165) is 21.8 Å². The Kier molecular flexibility index (Phi) is 7.50. The average molecular weight is 544 g/mol. The van der Waals surface area contributed by atoms with Crippen LogP contribution in [0.1, 0.15) is 36.7 Å². The second-order valence-corrected chi connectivity index (χ2v) is 11.0. The number of amides is 2. The molecule has 12 heteroatoms. The molecule has 3 aromatic rings. The van der Waals surface area contributed by atoms with Crippen LogP contribution in [-0.2, 0) is 32.5 Å². The molecular formula is C25H25N3O7S2. The SMILES string of the molecule is COC(=O)c1c(NC(=O)c2ccccc2NS(=O)(=O)c2ccc(C)cc2)sc2c1CCN(C(=O)OC)C2. The number of carbonyl (C=O) groups is 3. The lowest BCUT2D eigenvalue weighted by Gasteiger charge is -2.25. The number of aryl methyl sites for hydroxylation is 1. The molecular weight excluding hydrogens is 518 g/mol. The summed E-state index contributed by atoms with van der Waals surface area (Å²) >= 11 is 1.16. The highest BCUT2D eigenvalue weighted by atomic mass is 32.2. The molecule has 0 aliphatic carbocycles. The summed E-state index contributed by atoms with van der Waals surface area (Å²) in [6, 6.07) is 12.5. The van der Waals surface area contributed by atoms with Gasteiger partial charge in [0.25, 0.3) is 15.9 Å². The number of para-hydroxylation sites is 1. The van der Waals surface area contributed by atoms with E-state index in [1.165, 1.54) is 43.4 Å². The largest absolute Gasteiger partial charge is 0.465 e. The number of hydrogen-bond donors (Lipinski definition) is 2. The van der Waals surface area contributed by atoms with E-state index < -0.39 is 28.0 Å². The normalized spacial score (nSPS) is 12.9. The average Bonchev–Trinajstić information content (AvgIpc) is 3.24. The maximum atomic E-state index is 13.3. The topological polar surface area (TPSA) is 131 Å². The van der Waals surface area contributed by atoms with Crippen molar-refractivity contribution in [2.45, 2.75) is 24.8 Å². The summed E-state index contributed by atoms with van der Waals surface area (Å²) < 4.78 is 38.1. The number of nitrogens with zero attached hydrogens (tertiary/aromatic N) is 1. The first kappa shape index (κ1) is 26.2. The number of hydrogen-bond acceptors (Lipinski definition) is 8. The van der Waals surface area contributed by atoms with Gasteiger partial charge < -0.3 is 19.7 Å². The number of rotatable bonds is 6. The first-order valence-electron chi connectivity index (χ1n) is 11.2. The number of sulfonamides is 1. The van der Waals surface area contributed by atoms with Crippen LogP contribution in [0, 0.1) is 6.92 Å². The van der Waals surface area contributed by atoms with E-state index in [0.29, 0.717) is 18.5 Å². The maximum absolute atomic E-state index is 13.3. The van der Waals surface area contributed by atoms with E-state index in [9.17, 15) is 22.8 Å². The van der Waals surface area contributed by atoms with Crippen molar-refractivity contribution in [3.63, 3.8) is 0 Å². The summed E-state index contributed by atoms with van der Waals surface area (Å²) in [5.74, 6) is -1.23. The Morgan fingerprint density at radius 1 is 1.00 bits per heavy atom. The number of methoxy groups -OCH3 is 2. The van der Waals surface area contributed by atoms with Gasteiger partial charge in [-0.25, -0.2) is 18.0 Å². The molecule has 1 aliphatic rings. The third kappa shape index (κ3) is 5.44. The highest BCUT2D eigenvalue weighted by molar-refractivity contribution is 7.92. The third-order valence-corrected chi connectivity index (χ3v) is 8.37. The summed E-state index contributed by atoms with van der Waals surface area (Å²) in [4.78, 5) is 40.2. The zero-order valence-electron chi connectivity index (χ0n) is 20.4. The quantitative estimate of drug-likeness (QED) is 0.449. The molecule has 0 saturated heterocycles. The number of esters is 1. The molecule has 2 N–H and O–H groups in total. The molecule has 194 valence electrons. The summed E-state index contributed by atoms with van der Waals surface area (Å²) in [7, 11) is -1.41. The number of thiophene rings is 1. The predicted octanol–water partition coefficient (Wildman–Crippen LogP) is 4.02. The fourth-order valence-electron chi connectivity index (χ4n) is 3.96. The zero-order valence-corrected chi connectivity index (χ0v) is 22.0. The summed E-state index contributed by atoms with van der Waals surface area (Å²) in [6.07, 6.45) is -0.104. The van der Waals surface area contributed by atoms with Gasteiger partial charge >= 0.3 is 12.1 Å². The van der Waals surface area contributed by atoms with Crippen molar-refractivity contribution in [3.05, 3.63) is 75.7 Å². The van der Waals surface area contributed by atoms with Gasteiger partial charge in [0, 0.05) is 11.4 Å². The fourth-order valence-corrected chi connectivity index (χ4v) is 6.28. The van der Waals surface area contributed by atoms with Gasteiger partial charge in [0.2, 0.25) is 0 Å². The highest BCUT2D eigenvalue weighted by Gasteiger charge is 2.31. The Bertz CT molecular complexity index is 1460. The summed E-state index contributed by atoms with van der Waals surface area (Å²) in [5.41, 5.74) is 1.97. The molecule has 0 bridgehead atoms. The Hall–Kier alpha value is -3.90. The molecule has 4 rings (SSSR count). The van der Waals surface area contributed by atoms with Gasteiger partial charge in [-0.1, -0.05) is 29.8 Å². The molecule has 10 nitrogen and oxygen atoms in total. The minimum Gasteiger partial charge on any atom is -0.465 e. The molecule has 2 heterocycles. The van der Waals surface area contributed by atoms with Gasteiger partial charge in [-0.3, -0.25) is 9.52 Å². The minimum absolute atomic E-state index is 0.0578. The monoisotopic (exact) mass is 543 g/mol. The highest BCUT2D eigenvalue weighted by Crippen LogP contribution is 2.38. The number of nitrogens with one attached hydrogen (secondary N) is 2. The standard InChI is InChI=1S/C25H25N3O7S2/c1-15-8-10-16(11-9-15)37(32,33)27-19-7-5-4-6-17(19)22(29)26-23-21(24(30)34-2)18-12-13-28(25(31)35-3)14-20(18)36-23/h4-11,27H,12-14H2,1-3H3,(H,26,29). The van der Waals surface area contributed by atoms with Crippen LogP contribution in [0.2, 0.25) is 0 Å². The van der Waals surface area contributed by atoms with Gasteiger partial charge in [0.05, 0.1) is 42.5 Å². The molecule has 1 aliphatic heterocycles. The first-order valence-corrected chi connectivity index (χ1v) is 13.5. The second-order valence-electron chi connectivity index (χ2n) is 8.26. The number of anilines is 2. The Morgan fingerprint density at radius 3 is 2.38 bits per heavy atom. The molecule has 0 fully saturated rings. The molecule has 37 heavy (non-hydrogen) atoms. The number of fused-ring (bicyclic) bond motifs is 1. The fraction of sp³-hybridized carbons (Fsp3) is 0.240. The van der Waals surface area contributed by atoms with Gasteiger partial charge in [-0.15, -0.1) is 11.3 Å². The van der Waals surface area contributed by atoms with E-state index in [2.05, 4.69) is 10.0 Å². The van der Waals surface area contributed by atoms with Crippen LogP contribution in [0.5, 0.6) is 0 Å². The lowest BCUT2D eigenvalue weighted by Crippen LogP contribution is -2.35. The van der Waals surface area contributed by atoms with Crippen molar-refractivity contribution < 1.29 is 32.3 Å². The minimum atomic E-state index is -3.95. The predicted molar refractivity (Wildman–Crippen MR) is 139 cm³/mol. The van der Waals surface area contributed by atoms with Gasteiger partial charge in [-0.05, 0) is 43.2 Å². The lowest BCUT2D eigenvalue weighted by molar-refractivity contribution is 0.0600. The molecule has 2 amide bonds. The van der Waals surface area contributed by atoms with Crippen LogP contribution in [-0.4, -0.2) is 52.1 Å². The molecule has 0 unspecified atom stereocenters. The lowest BCUT2D eigenvalue weighted by atomic mass is 10.0. The van der Waals surface area contributed by atoms with Crippen molar-refractivity contribution in [3.8, 4) is 0 Å². The van der Waals surface area contributed by atoms with Crippen molar-refractivity contribution in [1.82, 2.24) is 4.90 Å². The molecule has 1 aromatic heterocycles. The van der Waals surface area contributed by atoms with E-state index in [1.54, 1.807) is 24.3 Å². The third-order valence-electron chi connectivity index (χ3n) is 5.85. The van der Waals surface area contributed by atoms with Crippen molar-refractivity contribution in [2.75, 3.05) is 30.8 Å². The van der Waals surface area contributed by atoms with E-state index in [1.807, 2.05) is 6.92 Å². The van der Waals surface area contributed by atoms with Crippen LogP contribution < -0.4 is 10.0 Å². The number of ether oxygens (including phenoxy) is 2.